The molecule has 0 N–H and O–H groups in total. The molecule has 0 radical (unpaired) electrons. The molecule has 0 aromatic heterocycles. The largest absolute Gasteiger partial charge is 0.422 e. The van der Waals surface area contributed by atoms with Crippen LogP contribution in [0.5, 0.6) is 0 Å². The molecule has 2 aliphatic rings. The van der Waals surface area contributed by atoms with Crippen molar-refractivity contribution < 1.29 is 22.0 Å². The summed E-state index contributed by atoms with van der Waals surface area (Å²) in [5.74, 6) is -1.07. The lowest BCUT2D eigenvalue weighted by Gasteiger charge is -2.34. The van der Waals surface area contributed by atoms with Crippen LogP contribution in [0.4, 0.5) is 22.0 Å². The Labute approximate surface area is 145 Å². The predicted octanol–water partition coefficient (Wildman–Crippen LogP) is 6.99. The van der Waals surface area contributed by atoms with Crippen LogP contribution in [0.3, 0.4) is 0 Å². The molecule has 1 atom stereocenters. The Morgan fingerprint density at radius 2 is 1.60 bits per heavy atom. The van der Waals surface area contributed by atoms with Crippen molar-refractivity contribution in [2.75, 3.05) is 0 Å². The fourth-order valence-electron chi connectivity index (χ4n) is 4.34. The Kier molecular flexibility index (Phi) is 5.21. The van der Waals surface area contributed by atoms with E-state index in [9.17, 15) is 22.0 Å². The molecule has 0 aliphatic heterocycles. The Morgan fingerprint density at radius 3 is 2.16 bits per heavy atom. The molecule has 0 spiro atoms. The lowest BCUT2D eigenvalue weighted by atomic mass is 9.71. The number of halogens is 5. The summed E-state index contributed by atoms with van der Waals surface area (Å²) in [6.07, 6.45) is 3.91. The lowest BCUT2D eigenvalue weighted by Crippen LogP contribution is -2.22. The summed E-state index contributed by atoms with van der Waals surface area (Å²) in [7, 11) is 0. The number of rotatable bonds is 2. The highest BCUT2D eigenvalue weighted by atomic mass is 19.4. The molecule has 0 amide bonds. The SMILES string of the molecule is CC1CCC(C2CC=C(c3ccc(F)c(C(F)(F)F)c3F)CC2)CC1. The molecule has 0 saturated heterocycles. The maximum atomic E-state index is 14.3. The summed E-state index contributed by atoms with van der Waals surface area (Å²) in [6.45, 7) is 2.27. The second-order valence-corrected chi connectivity index (χ2v) is 7.57. The van der Waals surface area contributed by atoms with Crippen molar-refractivity contribution in [1.82, 2.24) is 0 Å². The molecule has 1 fully saturated rings. The van der Waals surface area contributed by atoms with E-state index in [0.717, 1.165) is 30.9 Å². The fourth-order valence-corrected chi connectivity index (χ4v) is 4.34. The predicted molar refractivity (Wildman–Crippen MR) is 87.8 cm³/mol. The summed E-state index contributed by atoms with van der Waals surface area (Å²) in [5, 5.41) is 0. The second-order valence-electron chi connectivity index (χ2n) is 7.57. The van der Waals surface area contributed by atoms with Gasteiger partial charge in [0, 0.05) is 5.56 Å². The zero-order valence-electron chi connectivity index (χ0n) is 14.3. The molecule has 3 rings (SSSR count). The van der Waals surface area contributed by atoms with Crippen LogP contribution in [0.25, 0.3) is 5.57 Å². The smallest absolute Gasteiger partial charge is 0.206 e. The van der Waals surface area contributed by atoms with Crippen molar-refractivity contribution in [1.29, 1.82) is 0 Å². The minimum absolute atomic E-state index is 0.107. The molecule has 1 aromatic carbocycles. The van der Waals surface area contributed by atoms with E-state index in [2.05, 4.69) is 6.92 Å². The van der Waals surface area contributed by atoms with Gasteiger partial charge in [0.1, 0.15) is 17.2 Å². The molecule has 0 nitrogen and oxygen atoms in total. The van der Waals surface area contributed by atoms with Gasteiger partial charge in [-0.25, -0.2) is 8.78 Å². The first-order valence-corrected chi connectivity index (χ1v) is 9.02. The van der Waals surface area contributed by atoms with Gasteiger partial charge in [0.05, 0.1) is 0 Å². The Balaban J connectivity index is 1.78. The lowest BCUT2D eigenvalue weighted by molar-refractivity contribution is -0.142. The first-order valence-electron chi connectivity index (χ1n) is 9.02. The fraction of sp³-hybridized carbons (Fsp3) is 0.600. The van der Waals surface area contributed by atoms with Crippen molar-refractivity contribution in [2.24, 2.45) is 17.8 Å². The highest BCUT2D eigenvalue weighted by Crippen LogP contribution is 2.43. The number of allylic oxidation sites excluding steroid dienone is 2. The van der Waals surface area contributed by atoms with Gasteiger partial charge in [0.15, 0.2) is 0 Å². The maximum Gasteiger partial charge on any atom is 0.422 e. The van der Waals surface area contributed by atoms with Gasteiger partial charge >= 0.3 is 6.18 Å². The molecule has 1 saturated carbocycles. The third-order valence-electron chi connectivity index (χ3n) is 5.90. The van der Waals surface area contributed by atoms with Gasteiger partial charge in [-0.3, -0.25) is 0 Å². The Bertz CT molecular complexity index is 651. The molecule has 0 bridgehead atoms. The van der Waals surface area contributed by atoms with Crippen molar-refractivity contribution in [3.63, 3.8) is 0 Å². The van der Waals surface area contributed by atoms with E-state index in [0.29, 0.717) is 23.8 Å². The van der Waals surface area contributed by atoms with Gasteiger partial charge in [-0.15, -0.1) is 0 Å². The minimum Gasteiger partial charge on any atom is -0.206 e. The molecular formula is C20H23F5. The van der Waals surface area contributed by atoms with Crippen molar-refractivity contribution in [3.8, 4) is 0 Å². The van der Waals surface area contributed by atoms with Crippen LogP contribution >= 0.6 is 0 Å². The van der Waals surface area contributed by atoms with Crippen LogP contribution in [-0.2, 0) is 6.18 Å². The average molecular weight is 358 g/mol. The minimum atomic E-state index is -5.03. The van der Waals surface area contributed by atoms with E-state index < -0.39 is 23.4 Å². The number of hydrogen-bond acceptors (Lipinski definition) is 0. The van der Waals surface area contributed by atoms with Crippen molar-refractivity contribution in [3.05, 3.63) is 41.0 Å². The zero-order valence-corrected chi connectivity index (χ0v) is 14.3. The Hall–Kier alpha value is -1.39. The van der Waals surface area contributed by atoms with Crippen LogP contribution < -0.4 is 0 Å². The van der Waals surface area contributed by atoms with Gasteiger partial charge in [0.25, 0.3) is 0 Å². The molecule has 2 aliphatic carbocycles. The highest BCUT2D eigenvalue weighted by molar-refractivity contribution is 5.67. The van der Waals surface area contributed by atoms with Crippen LogP contribution in [0.15, 0.2) is 18.2 Å². The number of hydrogen-bond donors (Lipinski definition) is 0. The van der Waals surface area contributed by atoms with Gasteiger partial charge < -0.3 is 0 Å². The van der Waals surface area contributed by atoms with Crippen LogP contribution in [0.2, 0.25) is 0 Å². The molecule has 0 heterocycles. The highest BCUT2D eigenvalue weighted by Gasteiger charge is 2.39. The maximum absolute atomic E-state index is 14.3. The topological polar surface area (TPSA) is 0 Å². The normalized spacial score (nSPS) is 27.9. The molecule has 1 unspecified atom stereocenters. The second kappa shape index (κ2) is 7.08. The van der Waals surface area contributed by atoms with Gasteiger partial charge in [-0.05, 0) is 67.6 Å². The molecule has 5 heteroatoms. The molecular weight excluding hydrogens is 335 g/mol. The third kappa shape index (κ3) is 3.90. The average Bonchev–Trinajstić information content (AvgIpc) is 2.55. The quantitative estimate of drug-likeness (QED) is 0.500. The van der Waals surface area contributed by atoms with E-state index in [4.69, 9.17) is 0 Å². The number of alkyl halides is 3. The van der Waals surface area contributed by atoms with Gasteiger partial charge in [-0.1, -0.05) is 25.8 Å². The summed E-state index contributed by atoms with van der Waals surface area (Å²) in [5.41, 5.74) is -1.32. The van der Waals surface area contributed by atoms with Crippen molar-refractivity contribution >= 4 is 5.57 Å². The molecule has 25 heavy (non-hydrogen) atoms. The third-order valence-corrected chi connectivity index (χ3v) is 5.90. The van der Waals surface area contributed by atoms with Crippen LogP contribution in [-0.4, -0.2) is 0 Å². The van der Waals surface area contributed by atoms with E-state index in [1.807, 2.05) is 6.08 Å². The zero-order chi connectivity index (χ0) is 18.2. The standard InChI is InChI=1S/C20H23F5/c1-12-2-4-13(5-3-12)14-6-8-15(9-7-14)16-10-11-17(21)18(19(16)22)20(23,24)25/h8,10-14H,2-7,9H2,1H3. The molecule has 1 aromatic rings. The first-order chi connectivity index (χ1) is 11.8. The summed E-state index contributed by atoms with van der Waals surface area (Å²) < 4.78 is 66.4. The summed E-state index contributed by atoms with van der Waals surface area (Å²) >= 11 is 0. The van der Waals surface area contributed by atoms with E-state index in [1.165, 1.54) is 25.7 Å². The van der Waals surface area contributed by atoms with Crippen LogP contribution in [0, 0.1) is 29.4 Å². The molecule has 138 valence electrons. The van der Waals surface area contributed by atoms with E-state index >= 15 is 0 Å². The van der Waals surface area contributed by atoms with Gasteiger partial charge in [0.2, 0.25) is 0 Å². The first kappa shape index (κ1) is 18.4. The van der Waals surface area contributed by atoms with Crippen LogP contribution in [0.1, 0.15) is 63.0 Å². The van der Waals surface area contributed by atoms with Crippen molar-refractivity contribution in [2.45, 2.75) is 58.0 Å². The number of benzene rings is 1. The monoisotopic (exact) mass is 358 g/mol. The Morgan fingerprint density at radius 1 is 0.920 bits per heavy atom. The summed E-state index contributed by atoms with van der Waals surface area (Å²) in [6, 6.07) is 1.85. The van der Waals surface area contributed by atoms with E-state index in [-0.39, 0.29) is 5.56 Å². The van der Waals surface area contributed by atoms with E-state index in [1.54, 1.807) is 0 Å². The summed E-state index contributed by atoms with van der Waals surface area (Å²) in [4.78, 5) is 0. The van der Waals surface area contributed by atoms with Gasteiger partial charge in [-0.2, -0.15) is 13.2 Å².